The van der Waals surface area contributed by atoms with E-state index in [1.165, 1.54) is 23.9 Å². The van der Waals surface area contributed by atoms with Gasteiger partial charge >= 0.3 is 0 Å². The summed E-state index contributed by atoms with van der Waals surface area (Å²) >= 11 is 0. The van der Waals surface area contributed by atoms with Gasteiger partial charge in [0.15, 0.2) is 0 Å². The summed E-state index contributed by atoms with van der Waals surface area (Å²) in [6.45, 7) is 1.53. The number of para-hydroxylation sites is 1. The Hall–Kier alpha value is -2.74. The summed E-state index contributed by atoms with van der Waals surface area (Å²) in [5.41, 5.74) is 1.02. The minimum absolute atomic E-state index is 0.0125. The van der Waals surface area contributed by atoms with Gasteiger partial charge in [-0.2, -0.15) is 0 Å². The van der Waals surface area contributed by atoms with E-state index in [1.54, 1.807) is 12.1 Å². The van der Waals surface area contributed by atoms with E-state index < -0.39 is 15.8 Å². The molecule has 6 nitrogen and oxygen atoms in total. The summed E-state index contributed by atoms with van der Waals surface area (Å²) in [4.78, 5) is -0.0125. The molecule has 1 N–H and O–H groups in total. The van der Waals surface area contributed by atoms with Crippen molar-refractivity contribution in [1.82, 2.24) is 14.8 Å². The van der Waals surface area contributed by atoms with E-state index >= 15 is 0 Å². The summed E-state index contributed by atoms with van der Waals surface area (Å²) < 4.78 is 42.0. The Morgan fingerprint density at radius 3 is 2.57 bits per heavy atom. The molecule has 0 unspecified atom stereocenters. The first-order valence-electron chi connectivity index (χ1n) is 6.72. The summed E-state index contributed by atoms with van der Waals surface area (Å²) in [6.07, 6.45) is 1.41. The van der Waals surface area contributed by atoms with Crippen LogP contribution in [0.15, 0.2) is 59.8 Å². The third-order valence-electron chi connectivity index (χ3n) is 3.23. The van der Waals surface area contributed by atoms with Crippen molar-refractivity contribution in [2.75, 3.05) is 4.72 Å². The van der Waals surface area contributed by atoms with Gasteiger partial charge in [0.2, 0.25) is 5.95 Å². The number of aromatic nitrogens is 3. The van der Waals surface area contributed by atoms with Gasteiger partial charge in [-0.1, -0.05) is 18.2 Å². The fourth-order valence-electron chi connectivity index (χ4n) is 2.17. The molecule has 3 aromatic rings. The van der Waals surface area contributed by atoms with Crippen molar-refractivity contribution in [3.8, 4) is 5.69 Å². The van der Waals surface area contributed by atoms with E-state index in [-0.39, 0.29) is 10.8 Å². The zero-order valence-corrected chi connectivity index (χ0v) is 13.0. The highest BCUT2D eigenvalue weighted by Crippen LogP contribution is 2.20. The van der Waals surface area contributed by atoms with Crippen LogP contribution in [0.5, 0.6) is 0 Å². The van der Waals surface area contributed by atoms with Crippen molar-refractivity contribution in [1.29, 1.82) is 0 Å². The number of halogens is 1. The average molecular weight is 332 g/mol. The maximum absolute atomic E-state index is 13.2. The fraction of sp³-hybridized carbons (Fsp3) is 0.0667. The molecule has 0 bridgehead atoms. The van der Waals surface area contributed by atoms with Crippen LogP contribution in [-0.4, -0.2) is 23.2 Å². The molecular formula is C15H13FN4O2S. The van der Waals surface area contributed by atoms with E-state index in [2.05, 4.69) is 14.9 Å². The number of aryl methyl sites for hydroxylation is 1. The van der Waals surface area contributed by atoms with Crippen LogP contribution in [-0.2, 0) is 10.0 Å². The number of hydrogen-bond acceptors (Lipinski definition) is 4. The predicted octanol–water partition coefficient (Wildman–Crippen LogP) is 2.52. The van der Waals surface area contributed by atoms with Gasteiger partial charge < -0.3 is 0 Å². The molecule has 0 aliphatic carbocycles. The lowest BCUT2D eigenvalue weighted by Gasteiger charge is -2.11. The Bertz CT molecular complexity index is 939. The first kappa shape index (κ1) is 15.2. The van der Waals surface area contributed by atoms with Crippen LogP contribution in [0.1, 0.15) is 5.56 Å². The van der Waals surface area contributed by atoms with Crippen LogP contribution in [0.25, 0.3) is 5.69 Å². The van der Waals surface area contributed by atoms with Gasteiger partial charge in [0.05, 0.1) is 10.6 Å². The van der Waals surface area contributed by atoms with Crippen molar-refractivity contribution in [2.24, 2.45) is 0 Å². The highest BCUT2D eigenvalue weighted by molar-refractivity contribution is 7.92. The summed E-state index contributed by atoms with van der Waals surface area (Å²) in [6, 6.07) is 12.6. The van der Waals surface area contributed by atoms with E-state index in [1.807, 2.05) is 18.2 Å². The highest BCUT2D eigenvalue weighted by atomic mass is 32.2. The first-order valence-corrected chi connectivity index (χ1v) is 8.20. The lowest BCUT2D eigenvalue weighted by atomic mass is 10.2. The molecule has 0 aliphatic heterocycles. The largest absolute Gasteiger partial charge is 0.267 e. The highest BCUT2D eigenvalue weighted by Gasteiger charge is 2.20. The van der Waals surface area contributed by atoms with E-state index in [4.69, 9.17) is 0 Å². The normalized spacial score (nSPS) is 11.4. The molecule has 0 saturated carbocycles. The van der Waals surface area contributed by atoms with Crippen molar-refractivity contribution >= 4 is 16.0 Å². The van der Waals surface area contributed by atoms with Crippen molar-refractivity contribution in [2.45, 2.75) is 11.8 Å². The van der Waals surface area contributed by atoms with Crippen LogP contribution < -0.4 is 4.72 Å². The topological polar surface area (TPSA) is 76.9 Å². The molecule has 3 rings (SSSR count). The van der Waals surface area contributed by atoms with Crippen molar-refractivity contribution in [3.63, 3.8) is 0 Å². The smallest absolute Gasteiger partial charge is 0.264 e. The van der Waals surface area contributed by atoms with Gasteiger partial charge in [0.25, 0.3) is 10.0 Å². The SMILES string of the molecule is Cc1cc(F)ccc1S(=O)(=O)Nc1nncn1-c1ccccc1. The lowest BCUT2D eigenvalue weighted by molar-refractivity contribution is 0.598. The molecule has 2 aromatic carbocycles. The molecule has 0 spiro atoms. The third-order valence-corrected chi connectivity index (χ3v) is 4.72. The molecule has 0 fully saturated rings. The number of benzene rings is 2. The van der Waals surface area contributed by atoms with Crippen LogP contribution in [0.2, 0.25) is 0 Å². The average Bonchev–Trinajstić information content (AvgIpc) is 2.95. The zero-order valence-electron chi connectivity index (χ0n) is 12.1. The first-order chi connectivity index (χ1) is 11.0. The molecule has 8 heteroatoms. The minimum atomic E-state index is -3.90. The Kier molecular flexibility index (Phi) is 3.83. The van der Waals surface area contributed by atoms with Gasteiger partial charge in [0.1, 0.15) is 12.1 Å². The maximum Gasteiger partial charge on any atom is 0.264 e. The third kappa shape index (κ3) is 3.07. The molecular weight excluding hydrogens is 319 g/mol. The molecule has 23 heavy (non-hydrogen) atoms. The molecule has 0 amide bonds. The predicted molar refractivity (Wildman–Crippen MR) is 83.3 cm³/mol. The molecule has 0 saturated heterocycles. The summed E-state index contributed by atoms with van der Waals surface area (Å²) in [5, 5.41) is 7.54. The lowest BCUT2D eigenvalue weighted by Crippen LogP contribution is -2.17. The Balaban J connectivity index is 1.98. The van der Waals surface area contributed by atoms with Gasteiger partial charge in [-0.3, -0.25) is 4.57 Å². The number of hydrogen-bond donors (Lipinski definition) is 1. The van der Waals surface area contributed by atoms with Crippen LogP contribution in [0.3, 0.4) is 0 Å². The number of rotatable bonds is 4. The van der Waals surface area contributed by atoms with Gasteiger partial charge in [-0.05, 0) is 42.8 Å². The minimum Gasteiger partial charge on any atom is -0.267 e. The number of nitrogens with one attached hydrogen (secondary N) is 1. The molecule has 0 radical (unpaired) electrons. The van der Waals surface area contributed by atoms with E-state index in [9.17, 15) is 12.8 Å². The monoisotopic (exact) mass is 332 g/mol. The Labute approximate surface area is 132 Å². The molecule has 1 heterocycles. The quantitative estimate of drug-likeness (QED) is 0.796. The second kappa shape index (κ2) is 5.81. The maximum atomic E-state index is 13.2. The van der Waals surface area contributed by atoms with Gasteiger partial charge in [-0.25, -0.2) is 17.5 Å². The van der Waals surface area contributed by atoms with Crippen LogP contribution in [0, 0.1) is 12.7 Å². The Morgan fingerprint density at radius 2 is 1.87 bits per heavy atom. The molecule has 1 aromatic heterocycles. The summed E-state index contributed by atoms with van der Waals surface area (Å²) in [5.74, 6) is -0.436. The fourth-order valence-corrected chi connectivity index (χ4v) is 3.39. The van der Waals surface area contributed by atoms with E-state index in [0.717, 1.165) is 12.1 Å². The van der Waals surface area contributed by atoms with Crippen molar-refractivity contribution < 1.29 is 12.8 Å². The second-order valence-electron chi connectivity index (χ2n) is 4.88. The Morgan fingerprint density at radius 1 is 1.13 bits per heavy atom. The number of anilines is 1. The number of sulfonamides is 1. The zero-order chi connectivity index (χ0) is 16.4. The molecule has 118 valence electrons. The summed E-state index contributed by atoms with van der Waals surface area (Å²) in [7, 11) is -3.90. The van der Waals surface area contributed by atoms with Crippen LogP contribution in [0.4, 0.5) is 10.3 Å². The molecule has 0 aliphatic rings. The second-order valence-corrected chi connectivity index (χ2v) is 6.53. The molecule has 0 atom stereocenters. The van der Waals surface area contributed by atoms with Crippen LogP contribution >= 0.6 is 0 Å². The van der Waals surface area contributed by atoms with E-state index in [0.29, 0.717) is 11.3 Å². The standard InChI is InChI=1S/C15H13FN4O2S/c1-11-9-12(16)7-8-14(11)23(21,22)19-15-18-17-10-20(15)13-5-3-2-4-6-13/h2-10H,1H3,(H,18,19). The number of nitrogens with zero attached hydrogens (tertiary/aromatic N) is 3. The van der Waals surface area contributed by atoms with Gasteiger partial charge in [0, 0.05) is 0 Å². The van der Waals surface area contributed by atoms with Gasteiger partial charge in [-0.15, -0.1) is 10.2 Å². The van der Waals surface area contributed by atoms with Crippen molar-refractivity contribution in [3.05, 3.63) is 66.2 Å².